The second-order valence-electron chi connectivity index (χ2n) is 4.98. The summed E-state index contributed by atoms with van der Waals surface area (Å²) in [6.07, 6.45) is 1.59. The molecule has 1 fully saturated rings. The van der Waals surface area contributed by atoms with E-state index in [4.69, 9.17) is 4.74 Å². The van der Waals surface area contributed by atoms with E-state index in [1.54, 1.807) is 0 Å². The first-order valence-electron chi connectivity index (χ1n) is 5.25. The van der Waals surface area contributed by atoms with Gasteiger partial charge in [-0.25, -0.2) is 0 Å². The highest BCUT2D eigenvalue weighted by atomic mass is 16.6. The lowest BCUT2D eigenvalue weighted by atomic mass is 9.82. The van der Waals surface area contributed by atoms with Crippen molar-refractivity contribution in [3.8, 4) is 0 Å². The van der Waals surface area contributed by atoms with Crippen LogP contribution < -0.4 is 0 Å². The first-order chi connectivity index (χ1) is 6.58. The lowest BCUT2D eigenvalue weighted by Gasteiger charge is -2.22. The number of benzene rings is 1. The molecule has 1 atom stereocenters. The maximum atomic E-state index is 5.38. The molecule has 76 valence electrons. The monoisotopic (exact) mass is 190 g/mol. The van der Waals surface area contributed by atoms with Gasteiger partial charge in [0, 0.05) is 0 Å². The highest BCUT2D eigenvalue weighted by Gasteiger charge is 2.39. The average Bonchev–Trinajstić information content (AvgIpc) is 2.84. The van der Waals surface area contributed by atoms with Crippen LogP contribution in [0, 0.1) is 12.3 Å². The molecule has 14 heavy (non-hydrogen) atoms. The van der Waals surface area contributed by atoms with Gasteiger partial charge in [0.1, 0.15) is 0 Å². The van der Waals surface area contributed by atoms with E-state index in [1.807, 2.05) is 0 Å². The molecule has 1 unspecified atom stereocenters. The third kappa shape index (κ3) is 2.16. The van der Waals surface area contributed by atoms with Crippen LogP contribution in [-0.2, 0) is 11.2 Å². The molecule has 1 aliphatic rings. The summed E-state index contributed by atoms with van der Waals surface area (Å²) < 4.78 is 5.38. The summed E-state index contributed by atoms with van der Waals surface area (Å²) in [6.45, 7) is 7.66. The Morgan fingerprint density at radius 3 is 2.71 bits per heavy atom. The van der Waals surface area contributed by atoms with Crippen molar-refractivity contribution >= 4 is 0 Å². The van der Waals surface area contributed by atoms with Crippen molar-refractivity contribution in [3.05, 3.63) is 35.4 Å². The van der Waals surface area contributed by atoms with Crippen molar-refractivity contribution in [1.82, 2.24) is 0 Å². The van der Waals surface area contributed by atoms with Crippen LogP contribution >= 0.6 is 0 Å². The van der Waals surface area contributed by atoms with Gasteiger partial charge >= 0.3 is 0 Å². The standard InChI is InChI=1S/C13H18O/c1-10-5-4-6-11(7-10)8-13(2,3)12-9-14-12/h4-7,12H,8-9H2,1-3H3. The topological polar surface area (TPSA) is 12.5 Å². The summed E-state index contributed by atoms with van der Waals surface area (Å²) >= 11 is 0. The van der Waals surface area contributed by atoms with E-state index < -0.39 is 0 Å². The average molecular weight is 190 g/mol. The van der Waals surface area contributed by atoms with Crippen LogP contribution in [0.3, 0.4) is 0 Å². The molecule has 0 aliphatic carbocycles. The molecule has 0 bridgehead atoms. The van der Waals surface area contributed by atoms with Crippen LogP contribution in [-0.4, -0.2) is 12.7 Å². The molecular formula is C13H18O. The molecule has 1 heterocycles. The van der Waals surface area contributed by atoms with Crippen molar-refractivity contribution < 1.29 is 4.74 Å². The molecule has 0 saturated carbocycles. The van der Waals surface area contributed by atoms with Crippen LogP contribution in [0.4, 0.5) is 0 Å². The van der Waals surface area contributed by atoms with Crippen molar-refractivity contribution in [2.45, 2.75) is 33.3 Å². The number of aryl methyl sites for hydroxylation is 1. The van der Waals surface area contributed by atoms with Crippen molar-refractivity contribution in [3.63, 3.8) is 0 Å². The predicted octanol–water partition coefficient (Wildman–Crippen LogP) is 2.96. The van der Waals surface area contributed by atoms with E-state index in [-0.39, 0.29) is 5.41 Å². The van der Waals surface area contributed by atoms with Gasteiger partial charge in [-0.2, -0.15) is 0 Å². The quantitative estimate of drug-likeness (QED) is 0.668. The summed E-state index contributed by atoms with van der Waals surface area (Å²) in [5.74, 6) is 0. The van der Waals surface area contributed by atoms with Gasteiger partial charge in [-0.1, -0.05) is 43.7 Å². The van der Waals surface area contributed by atoms with Crippen LogP contribution in [0.1, 0.15) is 25.0 Å². The molecule has 0 radical (unpaired) electrons. The Balaban J connectivity index is 2.09. The van der Waals surface area contributed by atoms with E-state index in [2.05, 4.69) is 45.0 Å². The van der Waals surface area contributed by atoms with Crippen molar-refractivity contribution in [1.29, 1.82) is 0 Å². The second kappa shape index (κ2) is 3.39. The number of ether oxygens (including phenoxy) is 1. The molecule has 1 aromatic rings. The molecule has 0 amide bonds. The van der Waals surface area contributed by atoms with E-state index >= 15 is 0 Å². The molecule has 1 aromatic carbocycles. The van der Waals surface area contributed by atoms with Crippen LogP contribution in [0.2, 0.25) is 0 Å². The van der Waals surface area contributed by atoms with E-state index in [0.29, 0.717) is 6.10 Å². The van der Waals surface area contributed by atoms with Gasteiger partial charge in [-0.15, -0.1) is 0 Å². The fraction of sp³-hybridized carbons (Fsp3) is 0.538. The molecule has 1 heteroatoms. The summed E-state index contributed by atoms with van der Waals surface area (Å²) in [5.41, 5.74) is 3.05. The maximum absolute atomic E-state index is 5.38. The first-order valence-corrected chi connectivity index (χ1v) is 5.25. The van der Waals surface area contributed by atoms with Gasteiger partial charge < -0.3 is 4.74 Å². The Kier molecular flexibility index (Phi) is 2.36. The van der Waals surface area contributed by atoms with Gasteiger partial charge in [-0.3, -0.25) is 0 Å². The van der Waals surface area contributed by atoms with Crippen molar-refractivity contribution in [2.75, 3.05) is 6.61 Å². The predicted molar refractivity (Wildman–Crippen MR) is 58.4 cm³/mol. The minimum atomic E-state index is 0.286. The number of rotatable bonds is 3. The Morgan fingerprint density at radius 2 is 2.14 bits per heavy atom. The molecule has 1 aliphatic heterocycles. The second-order valence-corrected chi connectivity index (χ2v) is 4.98. The largest absolute Gasteiger partial charge is 0.373 e. The highest BCUT2D eigenvalue weighted by molar-refractivity contribution is 5.23. The lowest BCUT2D eigenvalue weighted by molar-refractivity contribution is 0.241. The van der Waals surface area contributed by atoms with Gasteiger partial charge in [0.25, 0.3) is 0 Å². The first kappa shape index (κ1) is 9.72. The van der Waals surface area contributed by atoms with E-state index in [0.717, 1.165) is 13.0 Å². The Bertz CT molecular complexity index is 324. The van der Waals surface area contributed by atoms with Crippen LogP contribution in [0.5, 0.6) is 0 Å². The van der Waals surface area contributed by atoms with Crippen LogP contribution in [0.15, 0.2) is 24.3 Å². The van der Waals surface area contributed by atoms with E-state index in [9.17, 15) is 0 Å². The van der Waals surface area contributed by atoms with Gasteiger partial charge in [0.2, 0.25) is 0 Å². The number of hydrogen-bond acceptors (Lipinski definition) is 1. The van der Waals surface area contributed by atoms with Gasteiger partial charge in [0.15, 0.2) is 0 Å². The molecule has 1 saturated heterocycles. The zero-order valence-corrected chi connectivity index (χ0v) is 9.21. The fourth-order valence-electron chi connectivity index (χ4n) is 1.96. The fourth-order valence-corrected chi connectivity index (χ4v) is 1.96. The SMILES string of the molecule is Cc1cccc(CC(C)(C)C2CO2)c1. The molecule has 0 N–H and O–H groups in total. The normalized spacial score (nSPS) is 20.9. The minimum absolute atomic E-state index is 0.286. The minimum Gasteiger partial charge on any atom is -0.373 e. The summed E-state index contributed by atoms with van der Waals surface area (Å²) in [5, 5.41) is 0. The third-order valence-corrected chi connectivity index (χ3v) is 2.95. The Hall–Kier alpha value is -0.820. The Morgan fingerprint density at radius 1 is 1.43 bits per heavy atom. The number of hydrogen-bond donors (Lipinski definition) is 0. The molecular weight excluding hydrogens is 172 g/mol. The van der Waals surface area contributed by atoms with Crippen LogP contribution in [0.25, 0.3) is 0 Å². The van der Waals surface area contributed by atoms with Crippen molar-refractivity contribution in [2.24, 2.45) is 5.41 Å². The zero-order valence-electron chi connectivity index (χ0n) is 9.21. The zero-order chi connectivity index (χ0) is 10.2. The number of epoxide rings is 1. The van der Waals surface area contributed by atoms with E-state index in [1.165, 1.54) is 11.1 Å². The molecule has 0 spiro atoms. The smallest absolute Gasteiger partial charge is 0.0863 e. The molecule has 2 rings (SSSR count). The molecule has 0 aromatic heterocycles. The summed E-state index contributed by atoms with van der Waals surface area (Å²) in [6, 6.07) is 8.75. The molecule has 1 nitrogen and oxygen atoms in total. The summed E-state index contributed by atoms with van der Waals surface area (Å²) in [4.78, 5) is 0. The lowest BCUT2D eigenvalue weighted by Crippen LogP contribution is -2.22. The van der Waals surface area contributed by atoms with Gasteiger partial charge in [-0.05, 0) is 24.3 Å². The maximum Gasteiger partial charge on any atom is 0.0863 e. The Labute approximate surface area is 86.1 Å². The third-order valence-electron chi connectivity index (χ3n) is 2.95. The highest BCUT2D eigenvalue weighted by Crippen LogP contribution is 2.35. The van der Waals surface area contributed by atoms with Gasteiger partial charge in [0.05, 0.1) is 12.7 Å². The summed E-state index contributed by atoms with van der Waals surface area (Å²) in [7, 11) is 0.